The van der Waals surface area contributed by atoms with Crippen molar-refractivity contribution < 1.29 is 8.78 Å². The summed E-state index contributed by atoms with van der Waals surface area (Å²) >= 11 is 0. The van der Waals surface area contributed by atoms with E-state index in [1.807, 2.05) is 12.1 Å². The molecule has 0 fully saturated rings. The molecule has 0 aliphatic carbocycles. The number of halogens is 2. The Morgan fingerprint density at radius 1 is 1.05 bits per heavy atom. The van der Waals surface area contributed by atoms with Gasteiger partial charge in [0.1, 0.15) is 11.6 Å². The zero-order valence-corrected chi connectivity index (χ0v) is 10.5. The first-order valence-electron chi connectivity index (χ1n) is 6.48. The summed E-state index contributed by atoms with van der Waals surface area (Å²) in [7, 11) is 0. The van der Waals surface area contributed by atoms with Crippen LogP contribution in [0, 0.1) is 11.6 Å². The van der Waals surface area contributed by atoms with Crippen LogP contribution < -0.4 is 5.32 Å². The minimum atomic E-state index is -0.530. The molecule has 1 nitrogen and oxygen atoms in total. The van der Waals surface area contributed by atoms with Crippen LogP contribution in [0.15, 0.2) is 36.4 Å². The third kappa shape index (κ3) is 2.51. The van der Waals surface area contributed by atoms with Gasteiger partial charge in [0.2, 0.25) is 0 Å². The molecule has 3 heteroatoms. The molecule has 0 unspecified atom stereocenters. The van der Waals surface area contributed by atoms with E-state index >= 15 is 0 Å². The Hall–Kier alpha value is -1.74. The van der Waals surface area contributed by atoms with Crippen molar-refractivity contribution in [3.8, 4) is 0 Å². The van der Waals surface area contributed by atoms with Crippen molar-refractivity contribution in [1.29, 1.82) is 0 Å². The molecule has 2 aromatic carbocycles. The van der Waals surface area contributed by atoms with Gasteiger partial charge in [-0.25, -0.2) is 8.78 Å². The standard InChI is InChI=1S/C16H15F2N/c17-14-5-4-13(16(18)9-14)8-12-3-1-2-11-6-7-19-10-15(11)12/h1-5,9,19H,6-8,10H2. The van der Waals surface area contributed by atoms with Crippen LogP contribution in [-0.4, -0.2) is 6.54 Å². The minimum absolute atomic E-state index is 0.471. The molecule has 0 aromatic heterocycles. The fourth-order valence-corrected chi connectivity index (χ4v) is 2.62. The summed E-state index contributed by atoms with van der Waals surface area (Å²) in [5, 5.41) is 3.34. The summed E-state index contributed by atoms with van der Waals surface area (Å²) in [6.07, 6.45) is 1.52. The van der Waals surface area contributed by atoms with Gasteiger partial charge < -0.3 is 5.32 Å². The molecule has 0 saturated heterocycles. The van der Waals surface area contributed by atoms with Crippen LogP contribution >= 0.6 is 0 Å². The van der Waals surface area contributed by atoms with Gasteiger partial charge >= 0.3 is 0 Å². The van der Waals surface area contributed by atoms with E-state index in [0.717, 1.165) is 31.1 Å². The van der Waals surface area contributed by atoms with Crippen LogP contribution in [0.3, 0.4) is 0 Å². The summed E-state index contributed by atoms with van der Waals surface area (Å²) in [6, 6.07) is 9.95. The largest absolute Gasteiger partial charge is 0.312 e. The zero-order chi connectivity index (χ0) is 13.2. The average Bonchev–Trinajstić information content (AvgIpc) is 2.42. The van der Waals surface area contributed by atoms with Crippen molar-refractivity contribution in [3.63, 3.8) is 0 Å². The Kier molecular flexibility index (Phi) is 3.30. The molecule has 3 rings (SSSR count). The van der Waals surface area contributed by atoms with Gasteiger partial charge in [0.25, 0.3) is 0 Å². The van der Waals surface area contributed by atoms with Gasteiger partial charge in [-0.2, -0.15) is 0 Å². The normalized spacial score (nSPS) is 14.2. The topological polar surface area (TPSA) is 12.0 Å². The van der Waals surface area contributed by atoms with Crippen molar-refractivity contribution in [3.05, 3.63) is 70.3 Å². The molecule has 0 atom stereocenters. The number of rotatable bonds is 2. The predicted octanol–water partition coefficient (Wildman–Crippen LogP) is 3.20. The van der Waals surface area contributed by atoms with Gasteiger partial charge in [-0.1, -0.05) is 24.3 Å². The molecular formula is C16H15F2N. The van der Waals surface area contributed by atoms with E-state index in [-0.39, 0.29) is 0 Å². The molecule has 1 heterocycles. The van der Waals surface area contributed by atoms with E-state index < -0.39 is 11.6 Å². The highest BCUT2D eigenvalue weighted by Crippen LogP contribution is 2.22. The van der Waals surface area contributed by atoms with Crippen LogP contribution in [0.1, 0.15) is 22.3 Å². The van der Waals surface area contributed by atoms with Crippen LogP contribution in [-0.2, 0) is 19.4 Å². The summed E-state index contributed by atoms with van der Waals surface area (Å²) in [4.78, 5) is 0. The molecule has 1 aliphatic heterocycles. The Balaban J connectivity index is 1.95. The number of fused-ring (bicyclic) bond motifs is 1. The number of benzene rings is 2. The molecule has 0 radical (unpaired) electrons. The molecule has 2 aromatic rings. The van der Waals surface area contributed by atoms with Crippen molar-refractivity contribution >= 4 is 0 Å². The van der Waals surface area contributed by atoms with Crippen molar-refractivity contribution in [1.82, 2.24) is 5.32 Å². The second-order valence-electron chi connectivity index (χ2n) is 4.89. The van der Waals surface area contributed by atoms with Gasteiger partial charge in [-0.05, 0) is 41.3 Å². The SMILES string of the molecule is Fc1ccc(Cc2cccc3c2CNCC3)c(F)c1. The van der Waals surface area contributed by atoms with Gasteiger partial charge in [0, 0.05) is 19.0 Å². The lowest BCUT2D eigenvalue weighted by Crippen LogP contribution is -2.24. The fraction of sp³-hybridized carbons (Fsp3) is 0.250. The molecule has 98 valence electrons. The van der Waals surface area contributed by atoms with Crippen molar-refractivity contribution in [2.45, 2.75) is 19.4 Å². The van der Waals surface area contributed by atoms with E-state index in [9.17, 15) is 8.78 Å². The maximum atomic E-state index is 13.7. The fourth-order valence-electron chi connectivity index (χ4n) is 2.62. The highest BCUT2D eigenvalue weighted by Gasteiger charge is 2.14. The monoisotopic (exact) mass is 259 g/mol. The third-order valence-electron chi connectivity index (χ3n) is 3.64. The number of nitrogens with one attached hydrogen (secondary N) is 1. The molecule has 0 saturated carbocycles. The first-order chi connectivity index (χ1) is 9.24. The molecule has 0 spiro atoms. The summed E-state index contributed by atoms with van der Waals surface area (Å²) in [5.74, 6) is -1.00. The highest BCUT2D eigenvalue weighted by molar-refractivity contribution is 5.40. The van der Waals surface area contributed by atoms with Gasteiger partial charge in [0.15, 0.2) is 0 Å². The average molecular weight is 259 g/mol. The maximum absolute atomic E-state index is 13.7. The van der Waals surface area contributed by atoms with E-state index in [2.05, 4.69) is 11.4 Å². The second kappa shape index (κ2) is 5.10. The second-order valence-corrected chi connectivity index (χ2v) is 4.89. The van der Waals surface area contributed by atoms with Crippen molar-refractivity contribution in [2.24, 2.45) is 0 Å². The van der Waals surface area contributed by atoms with Gasteiger partial charge in [-0.15, -0.1) is 0 Å². The van der Waals surface area contributed by atoms with Crippen LogP contribution in [0.4, 0.5) is 8.78 Å². The highest BCUT2D eigenvalue weighted by atomic mass is 19.1. The Morgan fingerprint density at radius 2 is 1.95 bits per heavy atom. The Morgan fingerprint density at radius 3 is 2.79 bits per heavy atom. The lowest BCUT2D eigenvalue weighted by Gasteiger charge is -2.20. The van der Waals surface area contributed by atoms with Crippen LogP contribution in [0.2, 0.25) is 0 Å². The summed E-state index contributed by atoms with van der Waals surface area (Å²) in [6.45, 7) is 1.82. The lowest BCUT2D eigenvalue weighted by molar-refractivity contribution is 0.574. The Labute approximate surface area is 111 Å². The Bertz CT molecular complexity index is 608. The van der Waals surface area contributed by atoms with Gasteiger partial charge in [0.05, 0.1) is 0 Å². The van der Waals surface area contributed by atoms with E-state index in [0.29, 0.717) is 12.0 Å². The molecule has 0 amide bonds. The molecule has 19 heavy (non-hydrogen) atoms. The molecular weight excluding hydrogens is 244 g/mol. The van der Waals surface area contributed by atoms with E-state index in [4.69, 9.17) is 0 Å². The first-order valence-corrected chi connectivity index (χ1v) is 6.48. The van der Waals surface area contributed by atoms with Crippen molar-refractivity contribution in [2.75, 3.05) is 6.54 Å². The minimum Gasteiger partial charge on any atom is -0.312 e. The third-order valence-corrected chi connectivity index (χ3v) is 3.64. The maximum Gasteiger partial charge on any atom is 0.129 e. The molecule has 1 N–H and O–H groups in total. The van der Waals surface area contributed by atoms with Gasteiger partial charge in [-0.3, -0.25) is 0 Å². The van der Waals surface area contributed by atoms with Crippen LogP contribution in [0.25, 0.3) is 0 Å². The smallest absolute Gasteiger partial charge is 0.129 e. The zero-order valence-electron chi connectivity index (χ0n) is 10.5. The quantitative estimate of drug-likeness (QED) is 0.873. The predicted molar refractivity (Wildman–Crippen MR) is 71.0 cm³/mol. The van der Waals surface area contributed by atoms with E-state index in [1.54, 1.807) is 0 Å². The van der Waals surface area contributed by atoms with E-state index in [1.165, 1.54) is 23.3 Å². The molecule has 1 aliphatic rings. The number of hydrogen-bond acceptors (Lipinski definition) is 1. The molecule has 0 bridgehead atoms. The van der Waals surface area contributed by atoms with Crippen LogP contribution in [0.5, 0.6) is 0 Å². The summed E-state index contributed by atoms with van der Waals surface area (Å²) < 4.78 is 26.6. The summed E-state index contributed by atoms with van der Waals surface area (Å²) in [5.41, 5.74) is 4.26. The first kappa shape index (κ1) is 12.3. The lowest BCUT2D eigenvalue weighted by atomic mass is 9.92. The number of hydrogen-bond donors (Lipinski definition) is 1.